The summed E-state index contributed by atoms with van der Waals surface area (Å²) < 4.78 is 2.41. The van der Waals surface area contributed by atoms with Crippen molar-refractivity contribution in [3.05, 3.63) is 206 Å². The Bertz CT molecular complexity index is 3500. The van der Waals surface area contributed by atoms with Crippen molar-refractivity contribution >= 4 is 64.9 Å². The van der Waals surface area contributed by atoms with Gasteiger partial charge < -0.3 is 4.57 Å². The van der Waals surface area contributed by atoms with Crippen molar-refractivity contribution in [3.8, 4) is 51.0 Å². The molecule has 0 N–H and O–H groups in total. The number of benzene rings is 10. The number of hydrogen-bond acceptors (Lipinski definition) is 3. The summed E-state index contributed by atoms with van der Waals surface area (Å²) >= 11 is 0. The minimum absolute atomic E-state index is 0.639. The standard InChI is InChI=1S/C55H34N4/c1-3-12-41-31-45(23-19-35(41)9-1)54-56-53(57-55(58-54)46-24-20-36-10-2-4-13-42(36)32-46)40-21-17-37(18-22-40)38-25-28-47(29-26-38)59-50-30-27-39-11-7-8-16-48(39)52(50)49-33-43-14-5-6-15-44(43)34-51(49)59/h1-34H. The van der Waals surface area contributed by atoms with Crippen molar-refractivity contribution in [3.63, 3.8) is 0 Å². The van der Waals surface area contributed by atoms with Gasteiger partial charge in [-0.3, -0.25) is 0 Å². The van der Waals surface area contributed by atoms with Crippen molar-refractivity contribution < 1.29 is 0 Å². The van der Waals surface area contributed by atoms with E-state index in [0.29, 0.717) is 17.5 Å². The van der Waals surface area contributed by atoms with E-state index in [1.165, 1.54) is 54.1 Å². The Balaban J connectivity index is 0.935. The maximum atomic E-state index is 5.07. The maximum Gasteiger partial charge on any atom is 0.164 e. The lowest BCUT2D eigenvalue weighted by atomic mass is 10.0. The smallest absolute Gasteiger partial charge is 0.164 e. The van der Waals surface area contributed by atoms with Crippen LogP contribution in [0, 0.1) is 0 Å². The lowest BCUT2D eigenvalue weighted by Crippen LogP contribution is -2.00. The molecule has 12 rings (SSSR count). The number of hydrogen-bond donors (Lipinski definition) is 0. The maximum absolute atomic E-state index is 5.07. The molecule has 59 heavy (non-hydrogen) atoms. The van der Waals surface area contributed by atoms with Gasteiger partial charge in [0.15, 0.2) is 17.5 Å². The molecule has 0 saturated heterocycles. The third-order valence-electron chi connectivity index (χ3n) is 11.8. The highest BCUT2D eigenvalue weighted by molar-refractivity contribution is 6.23. The van der Waals surface area contributed by atoms with E-state index in [-0.39, 0.29) is 0 Å². The SMILES string of the molecule is c1ccc2cc(-c3nc(-c4ccc(-c5ccc(-n6c7cc8ccccc8cc7c7c8ccccc8ccc76)cc5)cc4)nc(-c4ccc5ccccc5c4)n3)ccc2c1. The molecule has 0 aliphatic carbocycles. The first kappa shape index (κ1) is 33.2. The Morgan fingerprint density at radius 3 is 1.29 bits per heavy atom. The lowest BCUT2D eigenvalue weighted by molar-refractivity contribution is 1.08. The fourth-order valence-electron chi connectivity index (χ4n) is 8.79. The summed E-state index contributed by atoms with van der Waals surface area (Å²) in [7, 11) is 0. The number of rotatable bonds is 5. The van der Waals surface area contributed by atoms with Gasteiger partial charge in [-0.1, -0.05) is 164 Å². The van der Waals surface area contributed by atoms with E-state index < -0.39 is 0 Å². The molecular formula is C55H34N4. The van der Waals surface area contributed by atoms with Crippen LogP contribution in [-0.2, 0) is 0 Å². The van der Waals surface area contributed by atoms with Crippen LogP contribution in [0.15, 0.2) is 206 Å². The zero-order valence-corrected chi connectivity index (χ0v) is 31.9. The molecule has 0 aliphatic heterocycles. The molecule has 0 aliphatic rings. The average molecular weight is 751 g/mol. The highest BCUT2D eigenvalue weighted by Gasteiger charge is 2.17. The zero-order valence-electron chi connectivity index (χ0n) is 31.9. The molecule has 2 heterocycles. The monoisotopic (exact) mass is 750 g/mol. The molecule has 0 radical (unpaired) electrons. The summed E-state index contributed by atoms with van der Waals surface area (Å²) in [5.41, 5.74) is 8.64. The Morgan fingerprint density at radius 1 is 0.271 bits per heavy atom. The van der Waals surface area contributed by atoms with Crippen LogP contribution in [0.3, 0.4) is 0 Å². The lowest BCUT2D eigenvalue weighted by Gasteiger charge is -2.11. The second kappa shape index (κ2) is 13.3. The highest BCUT2D eigenvalue weighted by Crippen LogP contribution is 2.39. The number of nitrogens with zero attached hydrogens (tertiary/aromatic N) is 4. The third kappa shape index (κ3) is 5.65. The molecule has 4 nitrogen and oxygen atoms in total. The van der Waals surface area contributed by atoms with Crippen LogP contribution in [0.4, 0.5) is 0 Å². The summed E-state index contributed by atoms with van der Waals surface area (Å²) in [5.74, 6) is 1.93. The summed E-state index contributed by atoms with van der Waals surface area (Å²) in [4.78, 5) is 15.2. The molecule has 0 atom stereocenters. The van der Waals surface area contributed by atoms with E-state index >= 15 is 0 Å². The van der Waals surface area contributed by atoms with Gasteiger partial charge in [0.2, 0.25) is 0 Å². The average Bonchev–Trinajstić information content (AvgIpc) is 3.64. The molecule has 0 unspecified atom stereocenters. The largest absolute Gasteiger partial charge is 0.309 e. The van der Waals surface area contributed by atoms with E-state index in [1.807, 2.05) is 0 Å². The normalized spacial score (nSPS) is 11.7. The fourth-order valence-corrected chi connectivity index (χ4v) is 8.79. The third-order valence-corrected chi connectivity index (χ3v) is 11.8. The molecule has 0 fully saturated rings. The fraction of sp³-hybridized carbons (Fsp3) is 0. The van der Waals surface area contributed by atoms with E-state index in [1.54, 1.807) is 0 Å². The predicted octanol–water partition coefficient (Wildman–Crippen LogP) is 14.2. The first-order chi connectivity index (χ1) is 29.2. The minimum atomic E-state index is 0.639. The quantitative estimate of drug-likeness (QED) is 0.176. The number of aromatic nitrogens is 4. The van der Waals surface area contributed by atoms with Gasteiger partial charge >= 0.3 is 0 Å². The molecule has 10 aromatic carbocycles. The van der Waals surface area contributed by atoms with Crippen molar-refractivity contribution in [2.75, 3.05) is 0 Å². The molecule has 274 valence electrons. The van der Waals surface area contributed by atoms with Crippen LogP contribution in [0.25, 0.3) is 116 Å². The van der Waals surface area contributed by atoms with Crippen LogP contribution in [0.1, 0.15) is 0 Å². The summed E-state index contributed by atoms with van der Waals surface area (Å²) in [6.07, 6.45) is 0. The van der Waals surface area contributed by atoms with Crippen LogP contribution < -0.4 is 0 Å². The van der Waals surface area contributed by atoms with Crippen LogP contribution in [0.5, 0.6) is 0 Å². The Morgan fingerprint density at radius 2 is 0.695 bits per heavy atom. The van der Waals surface area contributed by atoms with Gasteiger partial charge in [0.1, 0.15) is 0 Å². The van der Waals surface area contributed by atoms with Gasteiger partial charge in [0.25, 0.3) is 0 Å². The van der Waals surface area contributed by atoms with Gasteiger partial charge in [0, 0.05) is 33.2 Å². The Kier molecular flexibility index (Phi) is 7.50. The Labute approximate surface area is 340 Å². The van der Waals surface area contributed by atoms with E-state index in [0.717, 1.165) is 44.3 Å². The number of fused-ring (bicyclic) bond motifs is 8. The van der Waals surface area contributed by atoms with Crippen molar-refractivity contribution in [2.24, 2.45) is 0 Å². The first-order valence-corrected chi connectivity index (χ1v) is 20.0. The molecule has 0 amide bonds. The highest BCUT2D eigenvalue weighted by atomic mass is 15.0. The van der Waals surface area contributed by atoms with Gasteiger partial charge in [-0.05, 0) is 96.7 Å². The second-order valence-corrected chi connectivity index (χ2v) is 15.3. The summed E-state index contributed by atoms with van der Waals surface area (Å²) in [6.45, 7) is 0. The summed E-state index contributed by atoms with van der Waals surface area (Å²) in [6, 6.07) is 73.6. The molecule has 0 bridgehead atoms. The van der Waals surface area contributed by atoms with Gasteiger partial charge in [-0.2, -0.15) is 0 Å². The predicted molar refractivity (Wildman–Crippen MR) is 246 cm³/mol. The zero-order chi connectivity index (χ0) is 38.9. The molecule has 12 aromatic rings. The molecular weight excluding hydrogens is 717 g/mol. The van der Waals surface area contributed by atoms with Crippen LogP contribution >= 0.6 is 0 Å². The van der Waals surface area contributed by atoms with E-state index in [4.69, 9.17) is 15.0 Å². The van der Waals surface area contributed by atoms with Crippen molar-refractivity contribution in [1.29, 1.82) is 0 Å². The van der Waals surface area contributed by atoms with Crippen LogP contribution in [0.2, 0.25) is 0 Å². The first-order valence-electron chi connectivity index (χ1n) is 20.0. The minimum Gasteiger partial charge on any atom is -0.309 e. The van der Waals surface area contributed by atoms with Crippen LogP contribution in [-0.4, -0.2) is 19.5 Å². The van der Waals surface area contributed by atoms with Gasteiger partial charge in [-0.25, -0.2) is 15.0 Å². The van der Waals surface area contributed by atoms with Gasteiger partial charge in [0.05, 0.1) is 11.0 Å². The van der Waals surface area contributed by atoms with Crippen molar-refractivity contribution in [2.45, 2.75) is 0 Å². The molecule has 0 saturated carbocycles. The van der Waals surface area contributed by atoms with E-state index in [9.17, 15) is 0 Å². The molecule has 4 heteroatoms. The van der Waals surface area contributed by atoms with Gasteiger partial charge in [-0.15, -0.1) is 0 Å². The van der Waals surface area contributed by atoms with Crippen molar-refractivity contribution in [1.82, 2.24) is 19.5 Å². The van der Waals surface area contributed by atoms with E-state index in [2.05, 4.69) is 211 Å². The molecule has 0 spiro atoms. The Hall–Kier alpha value is -7.95. The molecule has 2 aromatic heterocycles. The summed E-state index contributed by atoms with van der Waals surface area (Å²) in [5, 5.41) is 12.2. The topological polar surface area (TPSA) is 43.6 Å². The second-order valence-electron chi connectivity index (χ2n) is 15.3.